The molecule has 0 bridgehead atoms. The van der Waals surface area contributed by atoms with E-state index in [9.17, 15) is 9.59 Å². The summed E-state index contributed by atoms with van der Waals surface area (Å²) in [6.45, 7) is 1.84. The van der Waals surface area contributed by atoms with Gasteiger partial charge >= 0.3 is 0 Å². The van der Waals surface area contributed by atoms with Gasteiger partial charge in [-0.25, -0.2) is 0 Å². The predicted molar refractivity (Wildman–Crippen MR) is 63.7 cm³/mol. The van der Waals surface area contributed by atoms with Crippen LogP contribution in [0.3, 0.4) is 0 Å². The highest BCUT2D eigenvalue weighted by Gasteiger charge is 2.29. The topological polar surface area (TPSA) is 90.6 Å². The van der Waals surface area contributed by atoms with Gasteiger partial charge in [-0.15, -0.1) is 0 Å². The molecule has 0 spiro atoms. The van der Waals surface area contributed by atoms with Crippen molar-refractivity contribution in [1.29, 1.82) is 0 Å². The maximum Gasteiger partial charge on any atom is 0.264 e. The quantitative estimate of drug-likeness (QED) is 0.771. The first-order valence-corrected chi connectivity index (χ1v) is 5.49. The van der Waals surface area contributed by atoms with Gasteiger partial charge in [0.05, 0.1) is 0 Å². The van der Waals surface area contributed by atoms with Gasteiger partial charge < -0.3 is 20.5 Å². The summed E-state index contributed by atoms with van der Waals surface area (Å²) in [4.78, 5) is 22.7. The van der Waals surface area contributed by atoms with Crippen molar-refractivity contribution in [2.75, 3.05) is 13.7 Å². The van der Waals surface area contributed by atoms with Crippen molar-refractivity contribution in [3.8, 4) is 11.5 Å². The zero-order valence-corrected chi connectivity index (χ0v) is 10.1. The molecule has 3 N–H and O–H groups in total. The molecule has 2 amide bonds. The molecule has 0 saturated heterocycles. The van der Waals surface area contributed by atoms with Crippen molar-refractivity contribution in [1.82, 2.24) is 5.32 Å². The number of carbonyl (C=O) groups excluding carboxylic acids is 2. The molecule has 1 aromatic carbocycles. The molecule has 6 nitrogen and oxygen atoms in total. The summed E-state index contributed by atoms with van der Waals surface area (Å²) in [5, 5.41) is 2.49. The molecule has 0 radical (unpaired) electrons. The molecule has 1 aromatic rings. The van der Waals surface area contributed by atoms with Crippen LogP contribution in [0.5, 0.6) is 11.5 Å². The largest absolute Gasteiger partial charge is 0.485 e. The molecule has 6 heteroatoms. The Bertz CT molecular complexity index is 513. The van der Waals surface area contributed by atoms with E-state index in [1.54, 1.807) is 19.1 Å². The van der Waals surface area contributed by atoms with Crippen molar-refractivity contribution < 1.29 is 19.1 Å². The van der Waals surface area contributed by atoms with Gasteiger partial charge in [0.2, 0.25) is 12.0 Å². The van der Waals surface area contributed by atoms with Crippen LogP contribution in [0.25, 0.3) is 0 Å². The second kappa shape index (κ2) is 4.56. The molecular weight excluding hydrogens is 236 g/mol. The summed E-state index contributed by atoms with van der Waals surface area (Å²) < 4.78 is 11.0. The number of likely N-dealkylation sites (N-methyl/N-ethyl adjacent to an activating group) is 1. The van der Waals surface area contributed by atoms with Crippen molar-refractivity contribution in [2.24, 2.45) is 5.73 Å². The summed E-state index contributed by atoms with van der Waals surface area (Å²) in [5.41, 5.74) is 6.19. The standard InChI is InChI=1S/C12H14N2O4/c1-6-7(11(13)15)3-4-8-10(6)18-9(5-17-8)12(16)14-2/h3-4,9H,5H2,1-2H3,(H2,13,15)(H,14,16)/t9-/m1/s1. The van der Waals surface area contributed by atoms with Crippen molar-refractivity contribution in [3.63, 3.8) is 0 Å². The van der Waals surface area contributed by atoms with Crippen molar-refractivity contribution >= 4 is 11.8 Å². The van der Waals surface area contributed by atoms with E-state index in [1.165, 1.54) is 7.05 Å². The number of rotatable bonds is 2. The first-order chi connectivity index (χ1) is 8.54. The number of amides is 2. The van der Waals surface area contributed by atoms with Crippen LogP contribution in [0.15, 0.2) is 12.1 Å². The Morgan fingerprint density at radius 1 is 1.44 bits per heavy atom. The summed E-state index contributed by atoms with van der Waals surface area (Å²) >= 11 is 0. The second-order valence-electron chi connectivity index (χ2n) is 3.96. The highest BCUT2D eigenvalue weighted by Crippen LogP contribution is 2.36. The number of carbonyl (C=O) groups is 2. The smallest absolute Gasteiger partial charge is 0.264 e. The zero-order chi connectivity index (χ0) is 13.3. The third kappa shape index (κ3) is 1.97. The van der Waals surface area contributed by atoms with Crippen molar-refractivity contribution in [2.45, 2.75) is 13.0 Å². The minimum Gasteiger partial charge on any atom is -0.485 e. The third-order valence-corrected chi connectivity index (χ3v) is 2.82. The van der Waals surface area contributed by atoms with Gasteiger partial charge in [-0.2, -0.15) is 0 Å². The van der Waals surface area contributed by atoms with Gasteiger partial charge in [0.15, 0.2) is 11.5 Å². The summed E-state index contributed by atoms with van der Waals surface area (Å²) in [6.07, 6.45) is -0.718. The highest BCUT2D eigenvalue weighted by molar-refractivity contribution is 5.95. The Balaban J connectivity index is 2.38. The van der Waals surface area contributed by atoms with Gasteiger partial charge in [-0.1, -0.05) is 0 Å². The van der Waals surface area contributed by atoms with E-state index >= 15 is 0 Å². The minimum atomic E-state index is -0.718. The average Bonchev–Trinajstić information content (AvgIpc) is 2.37. The van der Waals surface area contributed by atoms with Crippen molar-refractivity contribution in [3.05, 3.63) is 23.3 Å². The maximum atomic E-state index is 11.5. The van der Waals surface area contributed by atoms with Crippen LogP contribution < -0.4 is 20.5 Å². The Kier molecular flexibility index (Phi) is 3.10. The van der Waals surface area contributed by atoms with Gasteiger partial charge in [-0.05, 0) is 19.1 Å². The fraction of sp³-hybridized carbons (Fsp3) is 0.333. The van der Waals surface area contributed by atoms with Crippen LogP contribution in [-0.2, 0) is 4.79 Å². The number of benzene rings is 1. The normalized spacial score (nSPS) is 17.1. The van der Waals surface area contributed by atoms with E-state index in [0.29, 0.717) is 22.6 Å². The maximum absolute atomic E-state index is 11.5. The average molecular weight is 250 g/mol. The third-order valence-electron chi connectivity index (χ3n) is 2.82. The summed E-state index contributed by atoms with van der Waals surface area (Å²) in [6, 6.07) is 3.20. The molecule has 96 valence electrons. The lowest BCUT2D eigenvalue weighted by atomic mass is 10.1. The van der Waals surface area contributed by atoms with E-state index in [2.05, 4.69) is 5.32 Å². The summed E-state index contributed by atoms with van der Waals surface area (Å²) in [7, 11) is 1.52. The SMILES string of the molecule is CNC(=O)[C@H]1COc2ccc(C(N)=O)c(C)c2O1. The molecule has 1 atom stereocenters. The zero-order valence-electron chi connectivity index (χ0n) is 10.1. The molecule has 0 unspecified atom stereocenters. The number of fused-ring (bicyclic) bond motifs is 1. The van der Waals surface area contributed by atoms with E-state index in [1.807, 2.05) is 0 Å². The number of primary amides is 1. The van der Waals surface area contributed by atoms with Crippen LogP contribution in [0.2, 0.25) is 0 Å². The van der Waals surface area contributed by atoms with Crippen LogP contribution in [-0.4, -0.2) is 31.6 Å². The molecule has 18 heavy (non-hydrogen) atoms. The highest BCUT2D eigenvalue weighted by atomic mass is 16.6. The second-order valence-corrected chi connectivity index (χ2v) is 3.96. The molecule has 2 rings (SSSR count). The van der Waals surface area contributed by atoms with E-state index < -0.39 is 12.0 Å². The van der Waals surface area contributed by atoms with Gasteiger partial charge in [0.1, 0.15) is 6.61 Å². The van der Waals surface area contributed by atoms with Gasteiger partial charge in [-0.3, -0.25) is 9.59 Å². The Morgan fingerprint density at radius 3 is 2.78 bits per heavy atom. The Morgan fingerprint density at radius 2 is 2.17 bits per heavy atom. The molecular formula is C12H14N2O4. The Hall–Kier alpha value is -2.24. The monoisotopic (exact) mass is 250 g/mol. The Labute approximate surface area is 104 Å². The minimum absolute atomic E-state index is 0.141. The predicted octanol–water partition coefficient (Wildman–Crippen LogP) is -0.0203. The van der Waals surface area contributed by atoms with Gasteiger partial charge in [0.25, 0.3) is 5.91 Å². The van der Waals surface area contributed by atoms with Crippen LogP contribution >= 0.6 is 0 Å². The number of nitrogens with two attached hydrogens (primary N) is 1. The van der Waals surface area contributed by atoms with Crippen LogP contribution in [0.4, 0.5) is 0 Å². The number of hydrogen-bond acceptors (Lipinski definition) is 4. The fourth-order valence-electron chi connectivity index (χ4n) is 1.83. The molecule has 0 aliphatic carbocycles. The number of hydrogen-bond donors (Lipinski definition) is 2. The first kappa shape index (κ1) is 12.2. The van der Waals surface area contributed by atoms with Gasteiger partial charge in [0, 0.05) is 18.2 Å². The lowest BCUT2D eigenvalue weighted by molar-refractivity contribution is -0.129. The lowest BCUT2D eigenvalue weighted by Crippen LogP contribution is -2.42. The van der Waals surface area contributed by atoms with E-state index in [0.717, 1.165) is 0 Å². The first-order valence-electron chi connectivity index (χ1n) is 5.49. The summed E-state index contributed by atoms with van der Waals surface area (Å²) in [5.74, 6) is 0.0919. The van der Waals surface area contributed by atoms with E-state index in [4.69, 9.17) is 15.2 Å². The fourth-order valence-corrected chi connectivity index (χ4v) is 1.83. The number of ether oxygens (including phenoxy) is 2. The number of nitrogens with one attached hydrogen (secondary N) is 1. The molecule has 1 aliphatic heterocycles. The molecule has 1 heterocycles. The van der Waals surface area contributed by atoms with Crippen LogP contribution in [0, 0.1) is 6.92 Å². The molecule has 0 saturated carbocycles. The lowest BCUT2D eigenvalue weighted by Gasteiger charge is -2.27. The molecule has 0 aromatic heterocycles. The molecule has 1 aliphatic rings. The van der Waals surface area contributed by atoms with Crippen LogP contribution in [0.1, 0.15) is 15.9 Å². The molecule has 0 fully saturated rings. The van der Waals surface area contributed by atoms with E-state index in [-0.39, 0.29) is 12.5 Å².